The number of aryl methyl sites for hydroxylation is 2. The van der Waals surface area contributed by atoms with Gasteiger partial charge in [-0.25, -0.2) is 44.7 Å². The van der Waals surface area contributed by atoms with Gasteiger partial charge in [-0.3, -0.25) is 13.6 Å². The summed E-state index contributed by atoms with van der Waals surface area (Å²) in [4.78, 5) is 32.6. The maximum atomic E-state index is 13.7. The molecule has 6 heterocycles. The number of nitrogens with two attached hydrogens (primary N) is 1. The van der Waals surface area contributed by atoms with Gasteiger partial charge in [0.05, 0.1) is 66.8 Å². The molecule has 2 fully saturated rings. The number of fused-ring (bicyclic) bond motifs is 6. The fourth-order valence-electron chi connectivity index (χ4n) is 11.7. The van der Waals surface area contributed by atoms with Crippen LogP contribution in [0.5, 0.6) is 0 Å². The molecule has 2 aliphatic carbocycles. The van der Waals surface area contributed by atoms with Gasteiger partial charge in [0, 0.05) is 47.8 Å². The quantitative estimate of drug-likeness (QED) is 0.0968. The second-order valence-electron chi connectivity index (χ2n) is 24.6. The van der Waals surface area contributed by atoms with E-state index in [1.54, 1.807) is 113 Å². The monoisotopic (exact) mass is 1190 g/mol. The van der Waals surface area contributed by atoms with Gasteiger partial charge >= 0.3 is 5.97 Å². The average molecular weight is 1190 g/mol. The number of imidazole rings is 2. The van der Waals surface area contributed by atoms with E-state index in [-0.39, 0.29) is 52.0 Å². The van der Waals surface area contributed by atoms with Crippen LogP contribution >= 0.6 is 12.4 Å². The highest BCUT2D eigenvalue weighted by molar-refractivity contribution is 7.90. The smallest absolute Gasteiger partial charge is 0.306 e. The maximum Gasteiger partial charge on any atom is 0.306 e. The van der Waals surface area contributed by atoms with Crippen molar-refractivity contribution >= 4 is 71.8 Å². The van der Waals surface area contributed by atoms with Crippen LogP contribution in [-0.2, 0) is 40.8 Å². The predicted molar refractivity (Wildman–Crippen MR) is 328 cm³/mol. The van der Waals surface area contributed by atoms with Crippen molar-refractivity contribution in [2.75, 3.05) is 0 Å². The third kappa shape index (κ3) is 11.5. The number of ether oxygens (including phenoxy) is 1. The van der Waals surface area contributed by atoms with Crippen LogP contribution in [0.2, 0.25) is 0 Å². The number of esters is 1. The zero-order valence-corrected chi connectivity index (χ0v) is 51.1. The van der Waals surface area contributed by atoms with Crippen molar-refractivity contribution in [1.82, 2.24) is 36.7 Å². The number of hydrogen-bond acceptors (Lipinski definition) is 13. The Kier molecular flexibility index (Phi) is 15.9. The molecular formula is C64H72ClN9O8S2. The van der Waals surface area contributed by atoms with Crippen molar-refractivity contribution < 1.29 is 36.6 Å². The number of hydrogen-bond donors (Lipinski definition) is 3. The molecule has 2 saturated carbocycles. The minimum Gasteiger partial charge on any atom is -0.460 e. The Bertz CT molecular complexity index is 4320. The zero-order valence-electron chi connectivity index (χ0n) is 48.7. The Morgan fingerprint density at radius 2 is 0.976 bits per heavy atom. The largest absolute Gasteiger partial charge is 0.460 e. The van der Waals surface area contributed by atoms with E-state index in [2.05, 4.69) is 9.97 Å². The first-order valence-corrected chi connectivity index (χ1v) is 31.1. The Balaban J connectivity index is 0.000000187. The zero-order chi connectivity index (χ0) is 59.1. The second kappa shape index (κ2) is 22.3. The molecule has 4 atom stereocenters. The van der Waals surface area contributed by atoms with Crippen molar-refractivity contribution in [3.05, 3.63) is 168 Å². The van der Waals surface area contributed by atoms with Crippen LogP contribution in [0.3, 0.4) is 0 Å². The number of halogens is 1. The molecule has 0 bridgehead atoms. The summed E-state index contributed by atoms with van der Waals surface area (Å²) in [6, 6.07) is 32.7. The SMILES string of the molecule is Cc1ccc(S(=O)(=O)n2ccc3c2ncc2c(-c4ccc(C(C)(C)O)cc4)nc([C@@H]4CC[C@H](CC(=O)OC(C)(C)C)C4)n23)cc1.Cc1ccc(S(=O)(=O)n2ccc3c2ncc2c(-c4ccc(C(C)(C)O)cc4)nc([C@@H]4CC[C@H](N)C4)n23)cc1.Cl. The summed E-state index contributed by atoms with van der Waals surface area (Å²) in [5.41, 5.74) is 14.2. The molecule has 17 nitrogen and oxygen atoms in total. The topological polar surface area (TPSA) is 231 Å². The van der Waals surface area contributed by atoms with E-state index in [1.807, 2.05) is 92.0 Å². The molecule has 4 aromatic carbocycles. The van der Waals surface area contributed by atoms with Crippen molar-refractivity contribution in [2.45, 2.75) is 152 Å². The molecule has 0 radical (unpaired) electrons. The van der Waals surface area contributed by atoms with Crippen LogP contribution in [0.25, 0.3) is 55.9 Å². The van der Waals surface area contributed by atoms with Crippen molar-refractivity contribution in [3.63, 3.8) is 0 Å². The van der Waals surface area contributed by atoms with E-state index < -0.39 is 36.8 Å². The summed E-state index contributed by atoms with van der Waals surface area (Å²) in [6.07, 6.45) is 12.0. The Morgan fingerprint density at radius 1 is 0.571 bits per heavy atom. The van der Waals surface area contributed by atoms with Gasteiger partial charge in [-0.15, -0.1) is 12.4 Å². The van der Waals surface area contributed by atoms with Gasteiger partial charge in [-0.1, -0.05) is 83.9 Å². The van der Waals surface area contributed by atoms with Crippen LogP contribution in [0, 0.1) is 19.8 Å². The Morgan fingerprint density at radius 3 is 1.36 bits per heavy atom. The third-order valence-corrected chi connectivity index (χ3v) is 19.5. The summed E-state index contributed by atoms with van der Waals surface area (Å²) in [6.45, 7) is 16.5. The number of aliphatic hydroxyl groups is 2. The summed E-state index contributed by atoms with van der Waals surface area (Å²) in [5.74, 6) is 1.86. The number of nitrogens with zero attached hydrogens (tertiary/aromatic N) is 8. The molecule has 0 spiro atoms. The second-order valence-corrected chi connectivity index (χ2v) is 28.2. The maximum absolute atomic E-state index is 13.7. The average Bonchev–Trinajstić information content (AvgIpc) is 1.91. The van der Waals surface area contributed by atoms with Gasteiger partial charge in [0.1, 0.15) is 17.2 Å². The normalized spacial score (nSPS) is 17.9. The molecule has 0 aliphatic heterocycles. The van der Waals surface area contributed by atoms with Crippen LogP contribution in [-0.4, -0.2) is 81.3 Å². The molecule has 440 valence electrons. The van der Waals surface area contributed by atoms with Crippen molar-refractivity contribution in [2.24, 2.45) is 11.7 Å². The summed E-state index contributed by atoms with van der Waals surface area (Å²) < 4.78 is 66.7. The number of aromatic nitrogens is 8. The lowest BCUT2D eigenvalue weighted by atomic mass is 9.97. The number of rotatable bonds is 12. The minimum absolute atomic E-state index is 0. The molecule has 20 heteroatoms. The van der Waals surface area contributed by atoms with Crippen LogP contribution < -0.4 is 5.73 Å². The Labute approximate surface area is 496 Å². The molecule has 12 rings (SSSR count). The van der Waals surface area contributed by atoms with E-state index in [0.29, 0.717) is 28.7 Å². The summed E-state index contributed by atoms with van der Waals surface area (Å²) in [5, 5.41) is 20.9. The lowest BCUT2D eigenvalue weighted by Crippen LogP contribution is -2.24. The van der Waals surface area contributed by atoms with Crippen molar-refractivity contribution in [1.29, 1.82) is 0 Å². The van der Waals surface area contributed by atoms with E-state index in [9.17, 15) is 31.8 Å². The molecular weight excluding hydrogens is 1120 g/mol. The van der Waals surface area contributed by atoms with Crippen LogP contribution in [0.4, 0.5) is 0 Å². The summed E-state index contributed by atoms with van der Waals surface area (Å²) in [7, 11) is -7.73. The van der Waals surface area contributed by atoms with Gasteiger partial charge < -0.3 is 20.7 Å². The van der Waals surface area contributed by atoms with Gasteiger partial charge in [0.2, 0.25) is 0 Å². The number of carbonyl (C=O) groups is 1. The van der Waals surface area contributed by atoms with Gasteiger partial charge in [-0.05, 0) is 154 Å². The first kappa shape index (κ1) is 59.9. The molecule has 4 N–H and O–H groups in total. The molecule has 0 unspecified atom stereocenters. The number of carbonyl (C=O) groups excluding carboxylic acids is 1. The van der Waals surface area contributed by atoms with Crippen LogP contribution in [0.15, 0.2) is 144 Å². The van der Waals surface area contributed by atoms with Gasteiger partial charge in [0.15, 0.2) is 11.3 Å². The highest BCUT2D eigenvalue weighted by Crippen LogP contribution is 2.43. The van der Waals surface area contributed by atoms with E-state index in [4.69, 9.17) is 20.4 Å². The molecule has 10 aromatic rings. The molecule has 84 heavy (non-hydrogen) atoms. The van der Waals surface area contributed by atoms with Gasteiger partial charge in [0.25, 0.3) is 20.0 Å². The molecule has 2 aliphatic rings. The fourth-order valence-corrected chi connectivity index (χ4v) is 14.3. The predicted octanol–water partition coefficient (Wildman–Crippen LogP) is 11.9. The number of benzene rings is 4. The highest BCUT2D eigenvalue weighted by Gasteiger charge is 2.35. The lowest BCUT2D eigenvalue weighted by Gasteiger charge is -2.20. The lowest BCUT2D eigenvalue weighted by molar-refractivity contribution is -0.155. The highest BCUT2D eigenvalue weighted by atomic mass is 35.5. The standard InChI is InChI=1S/C35H40N4O5S.C29H31N5O3S.ClH/c1-22-7-15-27(16-8-22)45(42,43)38-18-17-28-33(38)36-21-29-31(24-11-13-26(14-12-24)35(5,6)41)37-32(39(28)29)25-10-9-23(19-25)20-30(40)44-34(2,3)4;1-18-4-12-23(13-5-18)38(36,37)33-15-14-24-28(33)31-17-25-26(19-6-9-21(10-7-19)29(2,3)35)32-27(34(24)25)20-8-11-22(30)16-20;/h7-8,11-18,21,23,25,41H,9-10,19-20H2,1-6H3;4-7,9-10,12-15,17,20,22,35H,8,11,16,30H2,1-3H3;1H/t23-,25+;20-,22+;/m01./s1. The van der Waals surface area contributed by atoms with E-state index >= 15 is 0 Å². The molecule has 6 aromatic heterocycles. The van der Waals surface area contributed by atoms with E-state index in [0.717, 1.165) is 106 Å². The van der Waals surface area contributed by atoms with Crippen LogP contribution in [0.1, 0.15) is 139 Å². The summed E-state index contributed by atoms with van der Waals surface area (Å²) >= 11 is 0. The third-order valence-electron chi connectivity index (χ3n) is 16.1. The first-order chi connectivity index (χ1) is 39.2. The first-order valence-electron chi connectivity index (χ1n) is 28.2. The fraction of sp³-hybridized carbons (Fsp3) is 0.359. The van der Waals surface area contributed by atoms with E-state index in [1.165, 1.54) is 7.94 Å². The molecule has 0 amide bonds. The van der Waals surface area contributed by atoms with Crippen molar-refractivity contribution in [3.8, 4) is 22.5 Å². The Hall–Kier alpha value is -7.26. The van der Waals surface area contributed by atoms with Gasteiger partial charge in [-0.2, -0.15) is 0 Å². The molecule has 0 saturated heterocycles. The minimum atomic E-state index is -3.90.